The molecule has 1 amide bonds. The number of carbonyl (C=O) groups excluding carboxylic acids is 1. The van der Waals surface area contributed by atoms with Gasteiger partial charge in [0.15, 0.2) is 0 Å². The van der Waals surface area contributed by atoms with Gasteiger partial charge in [0.1, 0.15) is 0 Å². The highest BCUT2D eigenvalue weighted by Crippen LogP contribution is 2.36. The fraction of sp³-hybridized carbons (Fsp3) is 0.588. The van der Waals surface area contributed by atoms with Crippen LogP contribution in [-0.2, 0) is 11.0 Å². The van der Waals surface area contributed by atoms with E-state index in [1.165, 1.54) is 6.07 Å². The van der Waals surface area contributed by atoms with Gasteiger partial charge in [-0.25, -0.2) is 0 Å². The first-order chi connectivity index (χ1) is 10.6. The molecule has 0 bridgehead atoms. The first-order valence-electron chi connectivity index (χ1n) is 7.87. The average Bonchev–Trinajstić information content (AvgIpc) is 2.46. The molecule has 3 nitrogen and oxygen atoms in total. The highest BCUT2D eigenvalue weighted by atomic mass is 19.4. The van der Waals surface area contributed by atoms with Gasteiger partial charge >= 0.3 is 6.18 Å². The maximum absolute atomic E-state index is 13.0. The van der Waals surface area contributed by atoms with Crippen molar-refractivity contribution in [2.75, 3.05) is 23.3 Å². The second-order valence-electron chi connectivity index (χ2n) is 6.98. The molecule has 0 spiro atoms. The second-order valence-corrected chi connectivity index (χ2v) is 6.98. The van der Waals surface area contributed by atoms with Gasteiger partial charge in [-0.05, 0) is 37.5 Å². The highest BCUT2D eigenvalue weighted by Gasteiger charge is 2.32. The van der Waals surface area contributed by atoms with E-state index in [1.54, 1.807) is 20.8 Å². The van der Waals surface area contributed by atoms with Crippen molar-refractivity contribution in [2.24, 2.45) is 5.41 Å². The van der Waals surface area contributed by atoms with Crippen LogP contribution < -0.4 is 10.2 Å². The van der Waals surface area contributed by atoms with Crippen LogP contribution in [0.25, 0.3) is 0 Å². The van der Waals surface area contributed by atoms with Crippen LogP contribution in [0.1, 0.15) is 45.6 Å². The minimum atomic E-state index is -4.43. The molecule has 1 N–H and O–H groups in total. The maximum atomic E-state index is 13.0. The monoisotopic (exact) mass is 328 g/mol. The number of hydrogen-bond acceptors (Lipinski definition) is 2. The van der Waals surface area contributed by atoms with Crippen molar-refractivity contribution in [3.63, 3.8) is 0 Å². The smallest absolute Gasteiger partial charge is 0.370 e. The molecule has 2 rings (SSSR count). The number of halogens is 3. The van der Waals surface area contributed by atoms with E-state index in [9.17, 15) is 18.0 Å². The van der Waals surface area contributed by atoms with Crippen molar-refractivity contribution in [1.82, 2.24) is 0 Å². The Kier molecular flexibility index (Phi) is 4.92. The molecular weight excluding hydrogens is 305 g/mol. The van der Waals surface area contributed by atoms with E-state index in [0.717, 1.165) is 44.5 Å². The van der Waals surface area contributed by atoms with E-state index < -0.39 is 17.2 Å². The zero-order chi connectivity index (χ0) is 17.3. The average molecular weight is 328 g/mol. The lowest BCUT2D eigenvalue weighted by Gasteiger charge is -2.31. The molecule has 1 aromatic rings. The van der Waals surface area contributed by atoms with Crippen LogP contribution in [0.4, 0.5) is 24.5 Å². The minimum absolute atomic E-state index is 0.238. The van der Waals surface area contributed by atoms with Crippen LogP contribution in [0.5, 0.6) is 0 Å². The Morgan fingerprint density at radius 2 is 1.70 bits per heavy atom. The predicted octanol–water partition coefficient (Wildman–Crippen LogP) is 4.68. The van der Waals surface area contributed by atoms with E-state index in [0.29, 0.717) is 5.69 Å². The quantitative estimate of drug-likeness (QED) is 0.855. The van der Waals surface area contributed by atoms with Gasteiger partial charge in [-0.1, -0.05) is 20.8 Å². The summed E-state index contributed by atoms with van der Waals surface area (Å²) in [5.41, 5.74) is -0.521. The van der Waals surface area contributed by atoms with Crippen molar-refractivity contribution >= 4 is 17.3 Å². The molecular formula is C17H23F3N2O. The Labute approximate surface area is 134 Å². The molecule has 1 aliphatic rings. The summed E-state index contributed by atoms with van der Waals surface area (Å²) in [4.78, 5) is 14.3. The normalized spacial score (nSPS) is 16.3. The van der Waals surface area contributed by atoms with Gasteiger partial charge in [0.25, 0.3) is 0 Å². The van der Waals surface area contributed by atoms with Crippen LogP contribution in [0, 0.1) is 5.41 Å². The van der Waals surface area contributed by atoms with Crippen molar-refractivity contribution < 1.29 is 18.0 Å². The summed E-state index contributed by atoms with van der Waals surface area (Å²) in [5, 5.41) is 2.68. The summed E-state index contributed by atoms with van der Waals surface area (Å²) in [5.74, 6) is -0.296. The molecule has 1 aliphatic heterocycles. The van der Waals surface area contributed by atoms with Crippen molar-refractivity contribution in [1.29, 1.82) is 0 Å². The van der Waals surface area contributed by atoms with Gasteiger partial charge in [0.2, 0.25) is 5.91 Å². The molecule has 6 heteroatoms. The third kappa shape index (κ3) is 4.39. The first kappa shape index (κ1) is 17.6. The topological polar surface area (TPSA) is 32.3 Å². The van der Waals surface area contributed by atoms with Gasteiger partial charge in [-0.3, -0.25) is 4.79 Å². The fourth-order valence-electron chi connectivity index (χ4n) is 2.53. The third-order valence-corrected chi connectivity index (χ3v) is 3.95. The summed E-state index contributed by atoms with van der Waals surface area (Å²) in [6.45, 7) is 6.79. The van der Waals surface area contributed by atoms with Gasteiger partial charge in [0.05, 0.1) is 16.9 Å². The highest BCUT2D eigenvalue weighted by molar-refractivity contribution is 5.97. The molecule has 1 aromatic carbocycles. The zero-order valence-electron chi connectivity index (χ0n) is 13.8. The molecule has 0 saturated carbocycles. The Balaban J connectivity index is 2.38. The lowest BCUT2D eigenvalue weighted by Crippen LogP contribution is -2.32. The van der Waals surface area contributed by atoms with E-state index in [1.807, 2.05) is 4.90 Å². The number of rotatable bonds is 2. The van der Waals surface area contributed by atoms with Crippen molar-refractivity contribution in [2.45, 2.75) is 46.2 Å². The first-order valence-corrected chi connectivity index (χ1v) is 7.87. The minimum Gasteiger partial charge on any atom is -0.370 e. The molecule has 128 valence electrons. The summed E-state index contributed by atoms with van der Waals surface area (Å²) >= 11 is 0. The summed E-state index contributed by atoms with van der Waals surface area (Å²) in [6, 6.07) is 3.58. The molecule has 1 saturated heterocycles. The molecule has 23 heavy (non-hydrogen) atoms. The predicted molar refractivity (Wildman–Crippen MR) is 85.6 cm³/mol. The standard InChI is InChI=1S/C17H23F3N2O/c1-16(2,3)15(23)21-13-11-12(17(18,19)20)7-8-14(13)22-9-5-4-6-10-22/h7-8,11H,4-6,9-10H2,1-3H3,(H,21,23). The Morgan fingerprint density at radius 1 is 1.09 bits per heavy atom. The molecule has 0 aromatic heterocycles. The number of piperidine rings is 1. The van der Waals surface area contributed by atoms with Crippen LogP contribution >= 0.6 is 0 Å². The molecule has 1 fully saturated rings. The van der Waals surface area contributed by atoms with Crippen LogP contribution in [-0.4, -0.2) is 19.0 Å². The van der Waals surface area contributed by atoms with Gasteiger partial charge in [0, 0.05) is 18.5 Å². The number of benzene rings is 1. The lowest BCUT2D eigenvalue weighted by atomic mass is 9.95. The molecule has 0 unspecified atom stereocenters. The van der Waals surface area contributed by atoms with E-state index in [4.69, 9.17) is 0 Å². The Bertz CT molecular complexity index is 570. The molecule has 0 aliphatic carbocycles. The van der Waals surface area contributed by atoms with Crippen LogP contribution in [0.3, 0.4) is 0 Å². The second kappa shape index (κ2) is 6.42. The van der Waals surface area contributed by atoms with Gasteiger partial charge in [-0.15, -0.1) is 0 Å². The van der Waals surface area contributed by atoms with Crippen molar-refractivity contribution in [3.05, 3.63) is 23.8 Å². The Hall–Kier alpha value is -1.72. The number of hydrogen-bond donors (Lipinski definition) is 1. The van der Waals surface area contributed by atoms with Gasteiger partial charge < -0.3 is 10.2 Å². The number of anilines is 2. The van der Waals surface area contributed by atoms with E-state index >= 15 is 0 Å². The fourth-order valence-corrected chi connectivity index (χ4v) is 2.53. The number of alkyl halides is 3. The van der Waals surface area contributed by atoms with Crippen molar-refractivity contribution in [3.8, 4) is 0 Å². The summed E-state index contributed by atoms with van der Waals surface area (Å²) in [7, 11) is 0. The van der Waals surface area contributed by atoms with E-state index in [2.05, 4.69) is 5.32 Å². The maximum Gasteiger partial charge on any atom is 0.416 e. The zero-order valence-corrected chi connectivity index (χ0v) is 13.8. The lowest BCUT2D eigenvalue weighted by molar-refractivity contribution is -0.137. The number of carbonyl (C=O) groups is 1. The molecule has 1 heterocycles. The van der Waals surface area contributed by atoms with E-state index in [-0.39, 0.29) is 11.6 Å². The number of nitrogens with one attached hydrogen (secondary N) is 1. The van der Waals surface area contributed by atoms with Gasteiger partial charge in [-0.2, -0.15) is 13.2 Å². The summed E-state index contributed by atoms with van der Waals surface area (Å²) in [6.07, 6.45) is -1.29. The molecule has 0 radical (unpaired) electrons. The van der Waals surface area contributed by atoms with Crippen LogP contribution in [0.15, 0.2) is 18.2 Å². The largest absolute Gasteiger partial charge is 0.416 e. The summed E-state index contributed by atoms with van der Waals surface area (Å²) < 4.78 is 39.0. The number of nitrogens with zero attached hydrogens (tertiary/aromatic N) is 1. The SMILES string of the molecule is CC(C)(C)C(=O)Nc1cc(C(F)(F)F)ccc1N1CCCCC1. The number of amides is 1. The Morgan fingerprint density at radius 3 is 2.22 bits per heavy atom. The van der Waals surface area contributed by atoms with Crippen LogP contribution in [0.2, 0.25) is 0 Å². The molecule has 0 atom stereocenters. The third-order valence-electron chi connectivity index (χ3n) is 3.95.